The monoisotopic (exact) mass is 840 g/mol. The summed E-state index contributed by atoms with van der Waals surface area (Å²) in [5, 5.41) is 45.9. The Morgan fingerprint density at radius 3 is 2.00 bits per heavy atom. The molecule has 330 valence electrons. The van der Waals surface area contributed by atoms with Crippen LogP contribution in [0.1, 0.15) is 64.6 Å². The van der Waals surface area contributed by atoms with E-state index in [1.165, 1.54) is 23.4 Å². The molecule has 2 aromatic rings. The highest BCUT2D eigenvalue weighted by Gasteiger charge is 2.40. The normalized spacial score (nSPS) is 16.2. The minimum absolute atomic E-state index is 0.0288. The zero-order valence-electron chi connectivity index (χ0n) is 34.7. The standard InChI is InChI=1S/C39H60N12O9/c1-21(2)31(49-33(54)26(46-30(53)19-42-5)8-6-14-44-39(40)41)35(56)47-27(16-23-10-12-25(52)13-11-23)34(55)50-32(22(3)4)36(57)48-28(17-24-18-43-20-45-24)37(58)51-15-7-9-29(51)38(59)60/h10-13,18,20-22,26-29,31-32,42,52H,6-9,14-17,19H2,1-5H3,(H,43,45)(H,46,53)(H,47,56)(H,48,57)(H,49,54)(H,50,55)(H,59,60)(H4,40,41,44)/t26-,27-,28-,29-,31-,32-/m0/s1. The van der Waals surface area contributed by atoms with Crippen LogP contribution in [-0.4, -0.2) is 135 Å². The highest BCUT2D eigenvalue weighted by Crippen LogP contribution is 2.20. The van der Waals surface area contributed by atoms with Crippen LogP contribution in [0.4, 0.5) is 0 Å². The maximum absolute atomic E-state index is 14.2. The van der Waals surface area contributed by atoms with Crippen molar-refractivity contribution in [3.8, 4) is 5.75 Å². The lowest BCUT2D eigenvalue weighted by atomic mass is 9.98. The van der Waals surface area contributed by atoms with Gasteiger partial charge in [-0.15, -0.1) is 0 Å². The number of phenolic OH excluding ortho intramolecular Hbond substituents is 1. The molecule has 0 unspecified atom stereocenters. The first kappa shape index (κ1) is 48.1. The molecule has 6 amide bonds. The number of nitrogens with zero attached hydrogens (tertiary/aromatic N) is 2. The minimum atomic E-state index is -1.32. The van der Waals surface area contributed by atoms with Crippen LogP contribution in [0.2, 0.25) is 0 Å². The molecule has 6 atom stereocenters. The van der Waals surface area contributed by atoms with Crippen LogP contribution in [0.3, 0.4) is 0 Å². The number of carboxylic acids is 1. The summed E-state index contributed by atoms with van der Waals surface area (Å²) in [5.41, 5.74) is 6.33. The smallest absolute Gasteiger partial charge is 0.326 e. The van der Waals surface area contributed by atoms with Gasteiger partial charge in [-0.1, -0.05) is 39.8 Å². The van der Waals surface area contributed by atoms with E-state index in [2.05, 4.69) is 47.2 Å². The molecule has 0 spiro atoms. The molecule has 0 bridgehead atoms. The number of likely N-dealkylation sites (tertiary alicyclic amines) is 1. The van der Waals surface area contributed by atoms with Gasteiger partial charge in [-0.25, -0.2) is 9.78 Å². The van der Waals surface area contributed by atoms with E-state index in [4.69, 9.17) is 11.1 Å². The number of likely N-dealkylation sites (N-methyl/N-ethyl adjacent to an activating group) is 1. The number of hydrogen-bond donors (Lipinski definition) is 12. The molecule has 1 aromatic heterocycles. The number of carbonyl (C=O) groups is 7. The number of carboxylic acid groups (broad SMARTS) is 1. The summed E-state index contributed by atoms with van der Waals surface area (Å²) in [4.78, 5) is 102. The van der Waals surface area contributed by atoms with Gasteiger partial charge in [-0.05, 0) is 62.3 Å². The zero-order valence-corrected chi connectivity index (χ0v) is 34.7. The van der Waals surface area contributed by atoms with E-state index in [1.807, 2.05) is 0 Å². The Balaban J connectivity index is 1.86. The number of carbonyl (C=O) groups excluding carboxylic acids is 6. The predicted molar refractivity (Wildman–Crippen MR) is 219 cm³/mol. The second-order valence-corrected chi connectivity index (χ2v) is 15.4. The van der Waals surface area contributed by atoms with Gasteiger partial charge in [-0.3, -0.25) is 34.2 Å². The second kappa shape index (κ2) is 23.4. The molecular weight excluding hydrogens is 781 g/mol. The van der Waals surface area contributed by atoms with Gasteiger partial charge < -0.3 is 63.0 Å². The summed E-state index contributed by atoms with van der Waals surface area (Å²) in [6.45, 7) is 7.09. The van der Waals surface area contributed by atoms with Crippen molar-refractivity contribution in [2.24, 2.45) is 17.6 Å². The Labute approximate surface area is 348 Å². The van der Waals surface area contributed by atoms with E-state index in [9.17, 15) is 43.8 Å². The average Bonchev–Trinajstić information content (AvgIpc) is 3.90. The number of rotatable bonds is 23. The number of aromatic nitrogens is 2. The lowest BCUT2D eigenvalue weighted by Crippen LogP contribution is -2.61. The van der Waals surface area contributed by atoms with Crippen molar-refractivity contribution < 1.29 is 43.8 Å². The number of benzene rings is 1. The van der Waals surface area contributed by atoms with Crippen molar-refractivity contribution >= 4 is 47.4 Å². The summed E-state index contributed by atoms with van der Waals surface area (Å²) < 4.78 is 0. The highest BCUT2D eigenvalue weighted by atomic mass is 16.4. The minimum Gasteiger partial charge on any atom is -0.508 e. The molecule has 0 saturated carbocycles. The fourth-order valence-electron chi connectivity index (χ4n) is 6.68. The molecule has 0 radical (unpaired) electrons. The zero-order chi connectivity index (χ0) is 44.5. The maximum Gasteiger partial charge on any atom is 0.326 e. The fourth-order valence-corrected chi connectivity index (χ4v) is 6.68. The number of phenols is 1. The molecule has 21 nitrogen and oxygen atoms in total. The van der Waals surface area contributed by atoms with Crippen LogP contribution < -0.4 is 43.0 Å². The van der Waals surface area contributed by atoms with Gasteiger partial charge in [0.05, 0.1) is 18.6 Å². The molecule has 1 aromatic carbocycles. The summed E-state index contributed by atoms with van der Waals surface area (Å²) in [5.74, 6) is -6.45. The van der Waals surface area contributed by atoms with Crippen LogP contribution in [0.5, 0.6) is 5.75 Å². The van der Waals surface area contributed by atoms with Crippen LogP contribution >= 0.6 is 0 Å². The van der Waals surface area contributed by atoms with Gasteiger partial charge >= 0.3 is 5.97 Å². The summed E-state index contributed by atoms with van der Waals surface area (Å²) in [6.07, 6.45) is 4.01. The maximum atomic E-state index is 14.2. The van der Waals surface area contributed by atoms with E-state index >= 15 is 0 Å². The number of nitrogens with one attached hydrogen (secondary N) is 9. The van der Waals surface area contributed by atoms with Crippen molar-refractivity contribution in [2.75, 3.05) is 26.7 Å². The Kier molecular flexibility index (Phi) is 18.7. The third-order valence-corrected chi connectivity index (χ3v) is 9.88. The number of H-pyrrole nitrogens is 1. The Bertz CT molecular complexity index is 1790. The number of guanidine groups is 1. The Morgan fingerprint density at radius 1 is 0.867 bits per heavy atom. The topological polar surface area (TPSA) is 326 Å². The number of aromatic hydroxyl groups is 1. The Morgan fingerprint density at radius 2 is 1.47 bits per heavy atom. The van der Waals surface area contributed by atoms with E-state index in [0.717, 1.165) is 0 Å². The number of aliphatic carboxylic acids is 1. The number of amides is 6. The van der Waals surface area contributed by atoms with Gasteiger partial charge in [-0.2, -0.15) is 0 Å². The number of imidazole rings is 1. The predicted octanol–water partition coefficient (Wildman–Crippen LogP) is -1.81. The van der Waals surface area contributed by atoms with E-state index in [0.29, 0.717) is 24.1 Å². The third kappa shape index (κ3) is 14.8. The second-order valence-electron chi connectivity index (χ2n) is 15.4. The summed E-state index contributed by atoms with van der Waals surface area (Å²) in [7, 11) is 1.57. The SMILES string of the molecule is CNCC(=O)N[C@@H](CCCNC(=N)N)C(=O)N[C@H](C(=O)N[C@@H](Cc1ccc(O)cc1)C(=O)N[C@H](C(=O)N[C@@H](Cc1c[nH]cn1)C(=O)N1CCC[C@H]1C(=O)O)C(C)C)C(C)C. The van der Waals surface area contributed by atoms with Crippen LogP contribution in [-0.2, 0) is 46.4 Å². The van der Waals surface area contributed by atoms with Crippen molar-refractivity contribution in [1.29, 1.82) is 5.41 Å². The lowest BCUT2D eigenvalue weighted by molar-refractivity contribution is -0.149. The van der Waals surface area contributed by atoms with Crippen LogP contribution in [0, 0.1) is 17.2 Å². The van der Waals surface area contributed by atoms with Crippen LogP contribution in [0.25, 0.3) is 0 Å². The molecule has 1 saturated heterocycles. The molecule has 0 aliphatic carbocycles. The van der Waals surface area contributed by atoms with E-state index in [1.54, 1.807) is 53.1 Å². The summed E-state index contributed by atoms with van der Waals surface area (Å²) in [6, 6.07) is -1.14. The Hall–Kier alpha value is -6.25. The van der Waals surface area contributed by atoms with Gasteiger partial charge in [0.1, 0.15) is 42.0 Å². The first-order chi connectivity index (χ1) is 28.4. The lowest BCUT2D eigenvalue weighted by Gasteiger charge is -2.30. The molecular formula is C39H60N12O9. The fraction of sp³-hybridized carbons (Fsp3) is 0.564. The highest BCUT2D eigenvalue weighted by molar-refractivity contribution is 5.97. The molecule has 60 heavy (non-hydrogen) atoms. The molecule has 21 heteroatoms. The molecule has 1 aliphatic heterocycles. The van der Waals surface area contributed by atoms with Gasteiger partial charge in [0.15, 0.2) is 5.96 Å². The van der Waals surface area contributed by atoms with Gasteiger partial charge in [0.2, 0.25) is 35.4 Å². The molecule has 13 N–H and O–H groups in total. The molecule has 1 fully saturated rings. The first-order valence-electron chi connectivity index (χ1n) is 19.9. The van der Waals surface area contributed by atoms with Crippen LogP contribution in [0.15, 0.2) is 36.8 Å². The third-order valence-electron chi connectivity index (χ3n) is 9.88. The van der Waals surface area contributed by atoms with Crippen molar-refractivity contribution in [1.82, 2.24) is 52.1 Å². The molecule has 3 rings (SSSR count). The quantitative estimate of drug-likeness (QED) is 0.0334. The largest absolute Gasteiger partial charge is 0.508 e. The van der Waals surface area contributed by atoms with Crippen molar-refractivity contribution in [3.05, 3.63) is 48.0 Å². The van der Waals surface area contributed by atoms with E-state index in [-0.39, 0.29) is 57.0 Å². The van der Waals surface area contributed by atoms with Gasteiger partial charge in [0, 0.05) is 32.1 Å². The first-order valence-corrected chi connectivity index (χ1v) is 19.9. The molecule has 2 heterocycles. The van der Waals surface area contributed by atoms with Crippen molar-refractivity contribution in [3.63, 3.8) is 0 Å². The molecule has 1 aliphatic rings. The number of nitrogens with two attached hydrogens (primary N) is 1. The number of hydrogen-bond acceptors (Lipinski definition) is 11. The summed E-state index contributed by atoms with van der Waals surface area (Å²) >= 11 is 0. The average molecular weight is 841 g/mol. The van der Waals surface area contributed by atoms with Crippen molar-refractivity contribution in [2.45, 2.75) is 102 Å². The number of aromatic amines is 1. The van der Waals surface area contributed by atoms with Gasteiger partial charge in [0.25, 0.3) is 0 Å². The van der Waals surface area contributed by atoms with E-state index < -0.39 is 89.5 Å².